The molecular formula is C21H21BrClFN8S. The quantitative estimate of drug-likeness (QED) is 0.313. The number of benzene rings is 1. The molecule has 33 heavy (non-hydrogen) atoms. The highest BCUT2D eigenvalue weighted by molar-refractivity contribution is 9.10. The third-order valence-electron chi connectivity index (χ3n) is 5.06. The molecule has 0 aliphatic heterocycles. The molecule has 0 unspecified atom stereocenters. The molecule has 4 rings (SSSR count). The average molecular weight is 552 g/mol. The lowest BCUT2D eigenvalue weighted by Gasteiger charge is -2.08. The number of anilines is 2. The van der Waals surface area contributed by atoms with Crippen LogP contribution in [0.15, 0.2) is 47.5 Å². The van der Waals surface area contributed by atoms with Gasteiger partial charge in [0.05, 0.1) is 35.6 Å². The topological polar surface area (TPSA) is 77.5 Å². The van der Waals surface area contributed by atoms with Gasteiger partial charge in [0.2, 0.25) is 0 Å². The van der Waals surface area contributed by atoms with Crippen molar-refractivity contribution in [2.45, 2.75) is 33.5 Å². The zero-order valence-corrected chi connectivity index (χ0v) is 21.0. The Balaban J connectivity index is 1.38. The molecule has 0 aliphatic carbocycles. The van der Waals surface area contributed by atoms with E-state index < -0.39 is 0 Å². The van der Waals surface area contributed by atoms with Crippen LogP contribution in [0.4, 0.5) is 15.9 Å². The lowest BCUT2D eigenvalue weighted by molar-refractivity contribution is 0.586. The fourth-order valence-electron chi connectivity index (χ4n) is 3.33. The summed E-state index contributed by atoms with van der Waals surface area (Å²) >= 11 is 15.0. The minimum atomic E-state index is -0.380. The molecule has 3 heterocycles. The monoisotopic (exact) mass is 550 g/mol. The van der Waals surface area contributed by atoms with Gasteiger partial charge in [-0.15, -0.1) is 0 Å². The van der Waals surface area contributed by atoms with E-state index >= 15 is 0 Å². The highest BCUT2D eigenvalue weighted by atomic mass is 79.9. The molecule has 0 aliphatic rings. The highest BCUT2D eigenvalue weighted by Crippen LogP contribution is 2.24. The van der Waals surface area contributed by atoms with E-state index in [-0.39, 0.29) is 12.4 Å². The summed E-state index contributed by atoms with van der Waals surface area (Å²) in [5.74, 6) is 0.116. The molecule has 0 spiro atoms. The molecule has 172 valence electrons. The van der Waals surface area contributed by atoms with Crippen LogP contribution in [-0.2, 0) is 19.6 Å². The van der Waals surface area contributed by atoms with E-state index in [9.17, 15) is 4.39 Å². The van der Waals surface area contributed by atoms with E-state index in [0.717, 1.165) is 23.5 Å². The Bertz CT molecular complexity index is 1280. The lowest BCUT2D eigenvalue weighted by Crippen LogP contribution is -2.19. The SMILES string of the molecule is CCn1ncc(Cn2cc(NC(=S)Nc3nn(Cc4c(F)cccc4Cl)cc3Br)cn2)c1C. The van der Waals surface area contributed by atoms with Gasteiger partial charge in [0.15, 0.2) is 10.9 Å². The zero-order valence-electron chi connectivity index (χ0n) is 17.9. The molecule has 0 atom stereocenters. The number of halogens is 3. The molecule has 1 aromatic carbocycles. The molecule has 2 N–H and O–H groups in total. The van der Waals surface area contributed by atoms with Crippen molar-refractivity contribution < 1.29 is 4.39 Å². The summed E-state index contributed by atoms with van der Waals surface area (Å²) in [6.45, 7) is 5.74. The normalized spacial score (nSPS) is 11.1. The van der Waals surface area contributed by atoms with Gasteiger partial charge in [0.25, 0.3) is 0 Å². The first-order valence-corrected chi connectivity index (χ1v) is 11.7. The molecule has 0 saturated carbocycles. The van der Waals surface area contributed by atoms with Gasteiger partial charge < -0.3 is 10.6 Å². The summed E-state index contributed by atoms with van der Waals surface area (Å²) in [5, 5.41) is 20.0. The van der Waals surface area contributed by atoms with Crippen LogP contribution in [0.3, 0.4) is 0 Å². The average Bonchev–Trinajstić information content (AvgIpc) is 3.45. The van der Waals surface area contributed by atoms with Crippen LogP contribution >= 0.6 is 39.7 Å². The number of aryl methyl sites for hydroxylation is 1. The predicted molar refractivity (Wildman–Crippen MR) is 134 cm³/mol. The maximum Gasteiger partial charge on any atom is 0.176 e. The van der Waals surface area contributed by atoms with Crippen molar-refractivity contribution >= 4 is 56.4 Å². The Morgan fingerprint density at radius 2 is 1.97 bits per heavy atom. The van der Waals surface area contributed by atoms with E-state index in [0.29, 0.717) is 32.5 Å². The fraction of sp³-hybridized carbons (Fsp3) is 0.238. The maximum atomic E-state index is 14.1. The molecule has 0 saturated heterocycles. The van der Waals surface area contributed by atoms with E-state index in [1.165, 1.54) is 6.07 Å². The Morgan fingerprint density at radius 3 is 2.70 bits per heavy atom. The summed E-state index contributed by atoms with van der Waals surface area (Å²) < 4.78 is 20.1. The van der Waals surface area contributed by atoms with Crippen LogP contribution < -0.4 is 10.6 Å². The van der Waals surface area contributed by atoms with Crippen LogP contribution in [0.2, 0.25) is 5.02 Å². The van der Waals surface area contributed by atoms with Gasteiger partial charge in [-0.2, -0.15) is 15.3 Å². The van der Waals surface area contributed by atoms with Gasteiger partial charge in [-0.1, -0.05) is 17.7 Å². The molecule has 0 radical (unpaired) electrons. The zero-order chi connectivity index (χ0) is 23.5. The molecule has 0 amide bonds. The first-order chi connectivity index (χ1) is 15.8. The number of nitrogens with zero attached hydrogens (tertiary/aromatic N) is 6. The van der Waals surface area contributed by atoms with E-state index in [2.05, 4.69) is 48.8 Å². The summed E-state index contributed by atoms with van der Waals surface area (Å²) in [5.41, 5.74) is 3.34. The van der Waals surface area contributed by atoms with Crippen LogP contribution in [0.5, 0.6) is 0 Å². The van der Waals surface area contributed by atoms with Crippen LogP contribution in [-0.4, -0.2) is 34.5 Å². The second kappa shape index (κ2) is 10.0. The molecule has 4 aromatic rings. The van der Waals surface area contributed by atoms with Crippen molar-refractivity contribution in [2.24, 2.45) is 0 Å². The van der Waals surface area contributed by atoms with Crippen molar-refractivity contribution in [1.29, 1.82) is 0 Å². The van der Waals surface area contributed by atoms with Gasteiger partial charge >= 0.3 is 0 Å². The standard InChI is InChI=1S/C21H21BrClFN8S/c1-3-32-13(2)14(7-26-32)9-30-10-15(8-25-30)27-21(33)28-20-17(22)12-31(29-20)11-16-18(23)5-4-6-19(16)24/h4-8,10,12H,3,9,11H2,1-2H3,(H2,27,28,29,33). The Morgan fingerprint density at radius 1 is 1.15 bits per heavy atom. The fourth-order valence-corrected chi connectivity index (χ4v) is 4.18. The molecular weight excluding hydrogens is 531 g/mol. The van der Waals surface area contributed by atoms with E-state index in [1.807, 2.05) is 28.7 Å². The number of hydrogen-bond donors (Lipinski definition) is 2. The van der Waals surface area contributed by atoms with Crippen molar-refractivity contribution in [1.82, 2.24) is 29.3 Å². The van der Waals surface area contributed by atoms with Gasteiger partial charge in [-0.05, 0) is 54.1 Å². The van der Waals surface area contributed by atoms with Crippen LogP contribution in [0, 0.1) is 12.7 Å². The Labute approximate surface area is 208 Å². The summed E-state index contributed by atoms with van der Waals surface area (Å²) in [6, 6.07) is 4.59. The van der Waals surface area contributed by atoms with Gasteiger partial charge in [0, 0.05) is 40.8 Å². The molecule has 12 heteroatoms. The molecule has 8 nitrogen and oxygen atoms in total. The third-order valence-corrected chi connectivity index (χ3v) is 6.20. The number of rotatable bonds is 7. The number of thiocarbonyl (C=S) groups is 1. The summed E-state index contributed by atoms with van der Waals surface area (Å²) in [7, 11) is 0. The molecule has 0 bridgehead atoms. The van der Waals surface area contributed by atoms with Crippen LogP contribution in [0.1, 0.15) is 23.7 Å². The van der Waals surface area contributed by atoms with Crippen LogP contribution in [0.25, 0.3) is 0 Å². The summed E-state index contributed by atoms with van der Waals surface area (Å²) in [6.07, 6.45) is 7.15. The minimum absolute atomic E-state index is 0.187. The second-order valence-electron chi connectivity index (χ2n) is 7.30. The Kier molecular flexibility index (Phi) is 7.11. The van der Waals surface area contributed by atoms with Gasteiger partial charge in [-0.3, -0.25) is 14.0 Å². The van der Waals surface area contributed by atoms with Crippen molar-refractivity contribution in [2.75, 3.05) is 10.6 Å². The first-order valence-electron chi connectivity index (χ1n) is 10.1. The van der Waals surface area contributed by atoms with E-state index in [1.54, 1.807) is 29.2 Å². The first kappa shape index (κ1) is 23.4. The third kappa shape index (κ3) is 5.43. The maximum absolute atomic E-state index is 14.1. The molecule has 0 fully saturated rings. The van der Waals surface area contributed by atoms with Crippen molar-refractivity contribution in [3.63, 3.8) is 0 Å². The minimum Gasteiger partial charge on any atom is -0.330 e. The van der Waals surface area contributed by atoms with Gasteiger partial charge in [-0.25, -0.2) is 4.39 Å². The highest BCUT2D eigenvalue weighted by Gasteiger charge is 2.13. The summed E-state index contributed by atoms with van der Waals surface area (Å²) in [4.78, 5) is 0. The Hall–Kier alpha value is -2.76. The van der Waals surface area contributed by atoms with Gasteiger partial charge in [0.1, 0.15) is 5.82 Å². The number of hydrogen-bond acceptors (Lipinski definition) is 4. The van der Waals surface area contributed by atoms with Crippen molar-refractivity contribution in [3.05, 3.63) is 75.1 Å². The lowest BCUT2D eigenvalue weighted by atomic mass is 10.2. The van der Waals surface area contributed by atoms with E-state index in [4.69, 9.17) is 23.8 Å². The van der Waals surface area contributed by atoms with Crippen molar-refractivity contribution in [3.8, 4) is 0 Å². The molecule has 3 aromatic heterocycles. The number of aromatic nitrogens is 6. The number of nitrogens with one attached hydrogen (secondary N) is 2. The smallest absolute Gasteiger partial charge is 0.176 e. The largest absolute Gasteiger partial charge is 0.330 e. The second-order valence-corrected chi connectivity index (χ2v) is 8.97. The predicted octanol–water partition coefficient (Wildman–Crippen LogP) is 5.06.